The van der Waals surface area contributed by atoms with Crippen LogP contribution in [0.4, 0.5) is 0 Å². The van der Waals surface area contributed by atoms with Gasteiger partial charge in [-0.15, -0.1) is 0 Å². The van der Waals surface area contributed by atoms with Gasteiger partial charge in [0.1, 0.15) is 0 Å². The summed E-state index contributed by atoms with van der Waals surface area (Å²) in [5.74, 6) is 0.686. The number of carbonyl (C=O) groups is 2. The van der Waals surface area contributed by atoms with Gasteiger partial charge in [-0.3, -0.25) is 14.6 Å². The summed E-state index contributed by atoms with van der Waals surface area (Å²) in [5, 5.41) is 4.89. The Kier molecular flexibility index (Phi) is 7.92. The summed E-state index contributed by atoms with van der Waals surface area (Å²) >= 11 is 0. The molecule has 1 N–H and O–H groups in total. The fourth-order valence-corrected chi connectivity index (χ4v) is 4.09. The molecular weight excluding hydrogens is 444 g/mol. The lowest BCUT2D eigenvalue weighted by molar-refractivity contribution is -0.134. The van der Waals surface area contributed by atoms with E-state index in [0.29, 0.717) is 23.7 Å². The Hall–Kier alpha value is -3.94. The van der Waals surface area contributed by atoms with Crippen molar-refractivity contribution in [2.45, 2.75) is 33.1 Å². The summed E-state index contributed by atoms with van der Waals surface area (Å²) in [6, 6.07) is 14.6. The molecule has 0 unspecified atom stereocenters. The van der Waals surface area contributed by atoms with E-state index < -0.39 is 0 Å². The SMILES string of the molecule is CCOc1cc(/C=N/NC(=O)c2cc(C)nc3ccccc23)ccc1OCC(=O)N1CCCCC1. The van der Waals surface area contributed by atoms with Gasteiger partial charge in [0.05, 0.1) is 23.9 Å². The minimum absolute atomic E-state index is 0.0145. The molecule has 0 saturated carbocycles. The number of nitrogens with one attached hydrogen (secondary N) is 1. The van der Waals surface area contributed by atoms with Crippen molar-refractivity contribution in [3.8, 4) is 11.5 Å². The monoisotopic (exact) mass is 474 g/mol. The van der Waals surface area contributed by atoms with Crippen molar-refractivity contribution in [1.82, 2.24) is 15.3 Å². The summed E-state index contributed by atoms with van der Waals surface area (Å²) in [6.07, 6.45) is 4.79. The number of hydrazone groups is 1. The van der Waals surface area contributed by atoms with Crippen LogP contribution in [-0.4, -0.2) is 54.2 Å². The first-order valence-electron chi connectivity index (χ1n) is 11.9. The normalized spacial score (nSPS) is 13.7. The number of aromatic nitrogens is 1. The average Bonchev–Trinajstić information content (AvgIpc) is 2.88. The van der Waals surface area contributed by atoms with Gasteiger partial charge in [-0.05, 0) is 69.0 Å². The number of carbonyl (C=O) groups excluding carboxylic acids is 2. The average molecular weight is 475 g/mol. The second kappa shape index (κ2) is 11.5. The molecule has 0 radical (unpaired) electrons. The fourth-order valence-electron chi connectivity index (χ4n) is 4.09. The van der Waals surface area contributed by atoms with Crippen LogP contribution in [0.1, 0.15) is 47.8 Å². The third kappa shape index (κ3) is 6.15. The van der Waals surface area contributed by atoms with Gasteiger partial charge in [-0.2, -0.15) is 5.10 Å². The van der Waals surface area contributed by atoms with Gasteiger partial charge >= 0.3 is 0 Å². The lowest BCUT2D eigenvalue weighted by Gasteiger charge is -2.26. The number of pyridine rings is 1. The molecule has 8 heteroatoms. The van der Waals surface area contributed by atoms with Gasteiger partial charge in [0.25, 0.3) is 11.8 Å². The van der Waals surface area contributed by atoms with Gasteiger partial charge < -0.3 is 14.4 Å². The number of likely N-dealkylation sites (tertiary alicyclic amines) is 1. The topological polar surface area (TPSA) is 93.1 Å². The summed E-state index contributed by atoms with van der Waals surface area (Å²) in [7, 11) is 0. The minimum atomic E-state index is -0.316. The first kappa shape index (κ1) is 24.2. The molecule has 1 fully saturated rings. The number of hydrogen-bond donors (Lipinski definition) is 1. The molecule has 2 heterocycles. The number of rotatable bonds is 8. The molecule has 0 aliphatic carbocycles. The van der Waals surface area contributed by atoms with Crippen LogP contribution in [-0.2, 0) is 4.79 Å². The van der Waals surface area contributed by atoms with Crippen LogP contribution in [0.2, 0.25) is 0 Å². The summed E-state index contributed by atoms with van der Waals surface area (Å²) in [4.78, 5) is 31.5. The van der Waals surface area contributed by atoms with Gasteiger partial charge in [0.2, 0.25) is 0 Å². The van der Waals surface area contributed by atoms with E-state index in [4.69, 9.17) is 9.47 Å². The first-order valence-corrected chi connectivity index (χ1v) is 11.9. The van der Waals surface area contributed by atoms with Crippen molar-refractivity contribution in [2.75, 3.05) is 26.3 Å². The van der Waals surface area contributed by atoms with E-state index >= 15 is 0 Å². The maximum atomic E-state index is 12.8. The molecule has 1 aliphatic heterocycles. The number of piperidine rings is 1. The molecule has 4 rings (SSSR count). The van der Waals surface area contributed by atoms with Crippen LogP contribution in [0.5, 0.6) is 11.5 Å². The van der Waals surface area contributed by atoms with Gasteiger partial charge in [-0.1, -0.05) is 18.2 Å². The number of amides is 2. The molecule has 3 aromatic rings. The van der Waals surface area contributed by atoms with Crippen LogP contribution in [0.25, 0.3) is 10.9 Å². The predicted octanol–water partition coefficient (Wildman–Crippen LogP) is 4.10. The molecule has 2 amide bonds. The zero-order valence-electron chi connectivity index (χ0n) is 20.1. The summed E-state index contributed by atoms with van der Waals surface area (Å²) < 4.78 is 11.5. The highest BCUT2D eigenvalue weighted by Crippen LogP contribution is 2.28. The molecule has 182 valence electrons. The number of para-hydroxylation sites is 1. The molecule has 1 aliphatic rings. The highest BCUT2D eigenvalue weighted by Gasteiger charge is 2.18. The molecule has 0 atom stereocenters. The third-order valence-corrected chi connectivity index (χ3v) is 5.80. The lowest BCUT2D eigenvalue weighted by Crippen LogP contribution is -2.38. The van der Waals surface area contributed by atoms with E-state index in [0.717, 1.165) is 48.1 Å². The van der Waals surface area contributed by atoms with Crippen molar-refractivity contribution in [3.63, 3.8) is 0 Å². The Labute approximate surface area is 204 Å². The van der Waals surface area contributed by atoms with Crippen molar-refractivity contribution in [3.05, 3.63) is 65.4 Å². The van der Waals surface area contributed by atoms with Gasteiger partial charge in [-0.25, -0.2) is 5.43 Å². The maximum absolute atomic E-state index is 12.8. The lowest BCUT2D eigenvalue weighted by atomic mass is 10.1. The fraction of sp³-hybridized carbons (Fsp3) is 0.333. The number of nitrogens with zero attached hydrogens (tertiary/aromatic N) is 3. The quantitative estimate of drug-likeness (QED) is 0.392. The number of aryl methyl sites for hydroxylation is 1. The largest absolute Gasteiger partial charge is 0.490 e. The highest BCUT2D eigenvalue weighted by molar-refractivity contribution is 6.06. The minimum Gasteiger partial charge on any atom is -0.490 e. The van der Waals surface area contributed by atoms with Crippen LogP contribution < -0.4 is 14.9 Å². The highest BCUT2D eigenvalue weighted by atomic mass is 16.5. The Balaban J connectivity index is 1.42. The van der Waals surface area contributed by atoms with Crippen molar-refractivity contribution in [2.24, 2.45) is 5.10 Å². The maximum Gasteiger partial charge on any atom is 0.272 e. The van der Waals surface area contributed by atoms with Crippen LogP contribution in [0.15, 0.2) is 53.6 Å². The second-order valence-corrected chi connectivity index (χ2v) is 8.40. The van der Waals surface area contributed by atoms with E-state index in [1.54, 1.807) is 30.5 Å². The molecule has 1 saturated heterocycles. The Morgan fingerprint density at radius 2 is 1.86 bits per heavy atom. The Morgan fingerprint density at radius 3 is 2.66 bits per heavy atom. The van der Waals surface area contributed by atoms with E-state index in [9.17, 15) is 9.59 Å². The molecule has 0 spiro atoms. The molecular formula is C27H30N4O4. The Morgan fingerprint density at radius 1 is 1.06 bits per heavy atom. The third-order valence-electron chi connectivity index (χ3n) is 5.80. The number of benzene rings is 2. The molecule has 8 nitrogen and oxygen atoms in total. The molecule has 1 aromatic heterocycles. The summed E-state index contributed by atoms with van der Waals surface area (Å²) in [6.45, 7) is 5.73. The van der Waals surface area contributed by atoms with Crippen molar-refractivity contribution in [1.29, 1.82) is 0 Å². The molecule has 35 heavy (non-hydrogen) atoms. The number of ether oxygens (including phenoxy) is 2. The van der Waals surface area contributed by atoms with Gasteiger partial charge in [0, 0.05) is 24.2 Å². The van der Waals surface area contributed by atoms with Crippen molar-refractivity contribution >= 4 is 28.9 Å². The van der Waals surface area contributed by atoms with Crippen molar-refractivity contribution < 1.29 is 19.1 Å². The standard InChI is InChI=1S/C27H30N4O4/c1-3-34-25-16-20(11-12-24(25)35-18-26(32)31-13-7-4-8-14-31)17-28-30-27(33)22-15-19(2)29-23-10-6-5-9-21(22)23/h5-6,9-12,15-17H,3-4,7-8,13-14,18H2,1-2H3,(H,30,33)/b28-17+. The summed E-state index contributed by atoms with van der Waals surface area (Å²) in [5.41, 5.74) is 5.35. The zero-order valence-corrected chi connectivity index (χ0v) is 20.1. The van der Waals surface area contributed by atoms with E-state index in [2.05, 4.69) is 15.5 Å². The predicted molar refractivity (Wildman–Crippen MR) is 135 cm³/mol. The Bertz CT molecular complexity index is 1240. The van der Waals surface area contributed by atoms with Crippen LogP contribution >= 0.6 is 0 Å². The first-order chi connectivity index (χ1) is 17.0. The number of fused-ring (bicyclic) bond motifs is 1. The van der Waals surface area contributed by atoms with E-state index in [1.807, 2.05) is 43.0 Å². The number of hydrogen-bond acceptors (Lipinski definition) is 6. The van der Waals surface area contributed by atoms with Crippen LogP contribution in [0, 0.1) is 6.92 Å². The molecule has 0 bridgehead atoms. The van der Waals surface area contributed by atoms with Gasteiger partial charge in [0.15, 0.2) is 18.1 Å². The van der Waals surface area contributed by atoms with E-state index in [-0.39, 0.29) is 18.4 Å². The van der Waals surface area contributed by atoms with E-state index in [1.165, 1.54) is 6.42 Å². The van der Waals surface area contributed by atoms with Crippen LogP contribution in [0.3, 0.4) is 0 Å². The molecule has 2 aromatic carbocycles. The zero-order chi connectivity index (χ0) is 24.6. The smallest absolute Gasteiger partial charge is 0.272 e. The second-order valence-electron chi connectivity index (χ2n) is 8.40.